The zero-order valence-corrected chi connectivity index (χ0v) is 10.4. The quantitative estimate of drug-likeness (QED) is 0.716. The molecule has 1 aliphatic heterocycles. The number of para-hydroxylation sites is 1. The fourth-order valence-electron chi connectivity index (χ4n) is 1.72. The number of amides is 3. The third-order valence-electron chi connectivity index (χ3n) is 2.72. The number of carbonyl (C=O) groups excluding carboxylic acids is 2. The highest BCUT2D eigenvalue weighted by molar-refractivity contribution is 5.96. The molecule has 1 unspecified atom stereocenters. The lowest BCUT2D eigenvalue weighted by atomic mass is 10.1. The van der Waals surface area contributed by atoms with Gasteiger partial charge < -0.3 is 20.5 Å². The summed E-state index contributed by atoms with van der Waals surface area (Å²) in [5, 5.41) is 4.99. The van der Waals surface area contributed by atoms with Crippen molar-refractivity contribution >= 4 is 11.9 Å². The number of urea groups is 1. The fourth-order valence-corrected chi connectivity index (χ4v) is 1.72. The third kappa shape index (κ3) is 3.14. The molecule has 4 N–H and O–H groups in total. The van der Waals surface area contributed by atoms with Crippen LogP contribution >= 0.6 is 0 Å². The van der Waals surface area contributed by atoms with Crippen molar-refractivity contribution in [2.24, 2.45) is 5.73 Å². The van der Waals surface area contributed by atoms with Gasteiger partial charge >= 0.3 is 6.03 Å². The molecular formula is C12H15N3O4. The van der Waals surface area contributed by atoms with Crippen molar-refractivity contribution in [1.82, 2.24) is 10.6 Å². The molecule has 0 saturated carbocycles. The predicted octanol–water partition coefficient (Wildman–Crippen LogP) is 0.0883. The first kappa shape index (κ1) is 13.2. The van der Waals surface area contributed by atoms with Crippen molar-refractivity contribution in [3.63, 3.8) is 0 Å². The van der Waals surface area contributed by atoms with E-state index in [-0.39, 0.29) is 6.79 Å². The van der Waals surface area contributed by atoms with Crippen molar-refractivity contribution in [1.29, 1.82) is 0 Å². The molecular weight excluding hydrogens is 250 g/mol. The Labute approximate surface area is 110 Å². The highest BCUT2D eigenvalue weighted by atomic mass is 16.7. The van der Waals surface area contributed by atoms with Gasteiger partial charge in [0.2, 0.25) is 12.7 Å². The lowest BCUT2D eigenvalue weighted by Gasteiger charge is -2.13. The van der Waals surface area contributed by atoms with E-state index in [9.17, 15) is 9.59 Å². The summed E-state index contributed by atoms with van der Waals surface area (Å²) in [7, 11) is 0. The molecule has 0 bridgehead atoms. The number of carbonyl (C=O) groups is 2. The predicted molar refractivity (Wildman–Crippen MR) is 66.6 cm³/mol. The Morgan fingerprint density at radius 3 is 2.95 bits per heavy atom. The number of nitrogens with one attached hydrogen (secondary N) is 2. The maximum atomic E-state index is 11.5. The first-order valence-corrected chi connectivity index (χ1v) is 5.79. The van der Waals surface area contributed by atoms with Gasteiger partial charge in [-0.25, -0.2) is 4.79 Å². The minimum Gasteiger partial charge on any atom is -0.454 e. The molecule has 1 aromatic carbocycles. The lowest BCUT2D eigenvalue weighted by molar-refractivity contribution is -0.121. The first-order chi connectivity index (χ1) is 9.08. The van der Waals surface area contributed by atoms with E-state index in [1.807, 2.05) is 23.5 Å². The van der Waals surface area contributed by atoms with Crippen LogP contribution in [0.15, 0.2) is 18.2 Å². The van der Waals surface area contributed by atoms with Gasteiger partial charge in [-0.3, -0.25) is 10.1 Å². The Morgan fingerprint density at radius 2 is 2.21 bits per heavy atom. The Balaban J connectivity index is 1.94. The van der Waals surface area contributed by atoms with Crippen molar-refractivity contribution in [2.75, 3.05) is 6.79 Å². The molecule has 0 aliphatic carbocycles. The number of imide groups is 1. The summed E-state index contributed by atoms with van der Waals surface area (Å²) in [5.41, 5.74) is 5.76. The molecule has 0 spiro atoms. The van der Waals surface area contributed by atoms with Gasteiger partial charge in [-0.15, -0.1) is 0 Å². The molecule has 19 heavy (non-hydrogen) atoms. The molecule has 1 heterocycles. The number of ether oxygens (including phenoxy) is 2. The summed E-state index contributed by atoms with van der Waals surface area (Å²) in [6.07, 6.45) is 0. The largest absolute Gasteiger partial charge is 0.454 e. The number of rotatable bonds is 4. The van der Waals surface area contributed by atoms with Crippen LogP contribution in [0.25, 0.3) is 0 Å². The summed E-state index contributed by atoms with van der Waals surface area (Å²) < 4.78 is 10.6. The summed E-state index contributed by atoms with van der Waals surface area (Å²) in [6.45, 7) is 2.25. The van der Waals surface area contributed by atoms with Crippen LogP contribution < -0.4 is 25.8 Å². The van der Waals surface area contributed by atoms with Crippen LogP contribution in [0.5, 0.6) is 11.5 Å². The second kappa shape index (κ2) is 5.57. The van der Waals surface area contributed by atoms with E-state index < -0.39 is 18.0 Å². The summed E-state index contributed by atoms with van der Waals surface area (Å²) >= 11 is 0. The van der Waals surface area contributed by atoms with Gasteiger partial charge in [-0.2, -0.15) is 0 Å². The summed E-state index contributed by atoms with van der Waals surface area (Å²) in [5.74, 6) is 0.892. The molecule has 1 atom stereocenters. The van der Waals surface area contributed by atoms with Crippen molar-refractivity contribution in [2.45, 2.75) is 19.5 Å². The highest BCUT2D eigenvalue weighted by Crippen LogP contribution is 2.35. The Bertz CT molecular complexity index is 504. The monoisotopic (exact) mass is 265 g/mol. The van der Waals surface area contributed by atoms with Gasteiger partial charge in [0.05, 0.1) is 6.04 Å². The standard InChI is InChI=1S/C12H15N3O4/c1-7(11(16)15-12(13)17)14-5-8-3-2-4-9-10(8)19-6-18-9/h2-4,7,14H,5-6H2,1H3,(H3,13,15,16,17). The van der Waals surface area contributed by atoms with Gasteiger partial charge in [0, 0.05) is 12.1 Å². The van der Waals surface area contributed by atoms with Gasteiger partial charge in [-0.1, -0.05) is 12.1 Å². The minimum atomic E-state index is -0.865. The molecule has 102 valence electrons. The smallest absolute Gasteiger partial charge is 0.318 e. The van der Waals surface area contributed by atoms with Gasteiger partial charge in [0.25, 0.3) is 0 Å². The third-order valence-corrected chi connectivity index (χ3v) is 2.72. The molecule has 7 heteroatoms. The second-order valence-corrected chi connectivity index (χ2v) is 4.11. The number of fused-ring (bicyclic) bond motifs is 1. The number of nitrogens with two attached hydrogens (primary N) is 1. The van der Waals surface area contributed by atoms with Crippen LogP contribution in [0.4, 0.5) is 4.79 Å². The van der Waals surface area contributed by atoms with E-state index in [2.05, 4.69) is 5.32 Å². The first-order valence-electron chi connectivity index (χ1n) is 5.79. The van der Waals surface area contributed by atoms with Crippen LogP contribution in [-0.4, -0.2) is 24.8 Å². The van der Waals surface area contributed by atoms with Crippen LogP contribution in [0, 0.1) is 0 Å². The van der Waals surface area contributed by atoms with Crippen molar-refractivity contribution in [3.8, 4) is 11.5 Å². The molecule has 1 aliphatic rings. The van der Waals surface area contributed by atoms with E-state index in [1.165, 1.54) is 0 Å². The maximum Gasteiger partial charge on any atom is 0.318 e. The van der Waals surface area contributed by atoms with E-state index in [4.69, 9.17) is 15.2 Å². The zero-order chi connectivity index (χ0) is 13.8. The maximum absolute atomic E-state index is 11.5. The van der Waals surface area contributed by atoms with Gasteiger partial charge in [0.15, 0.2) is 11.5 Å². The second-order valence-electron chi connectivity index (χ2n) is 4.11. The Hall–Kier alpha value is -2.28. The SMILES string of the molecule is CC(NCc1cccc2c1OCO2)C(=O)NC(N)=O. The number of hydrogen-bond donors (Lipinski definition) is 3. The van der Waals surface area contributed by atoms with E-state index in [0.29, 0.717) is 18.0 Å². The molecule has 3 amide bonds. The molecule has 0 fully saturated rings. The van der Waals surface area contributed by atoms with Crippen molar-refractivity contribution < 1.29 is 19.1 Å². The van der Waals surface area contributed by atoms with Crippen molar-refractivity contribution in [3.05, 3.63) is 23.8 Å². The molecule has 2 rings (SSSR count). The summed E-state index contributed by atoms with van der Waals surface area (Å²) in [6, 6.07) is 4.12. The average molecular weight is 265 g/mol. The van der Waals surface area contributed by atoms with E-state index >= 15 is 0 Å². The van der Waals surface area contributed by atoms with Crippen LogP contribution in [-0.2, 0) is 11.3 Å². The van der Waals surface area contributed by atoms with Crippen LogP contribution in [0.2, 0.25) is 0 Å². The number of benzene rings is 1. The lowest BCUT2D eigenvalue weighted by Crippen LogP contribution is -2.46. The minimum absolute atomic E-state index is 0.198. The van der Waals surface area contributed by atoms with Gasteiger partial charge in [0.1, 0.15) is 0 Å². The highest BCUT2D eigenvalue weighted by Gasteiger charge is 2.19. The molecule has 0 saturated heterocycles. The van der Waals surface area contributed by atoms with E-state index in [1.54, 1.807) is 6.92 Å². The fraction of sp³-hybridized carbons (Fsp3) is 0.333. The van der Waals surface area contributed by atoms with Gasteiger partial charge in [-0.05, 0) is 13.0 Å². The normalized spacial score (nSPS) is 13.9. The van der Waals surface area contributed by atoms with Crippen LogP contribution in [0.3, 0.4) is 0 Å². The Kier molecular flexibility index (Phi) is 3.86. The zero-order valence-electron chi connectivity index (χ0n) is 10.4. The Morgan fingerprint density at radius 1 is 1.42 bits per heavy atom. The average Bonchev–Trinajstić information content (AvgIpc) is 2.83. The summed E-state index contributed by atoms with van der Waals surface area (Å²) in [4.78, 5) is 22.0. The van der Waals surface area contributed by atoms with E-state index in [0.717, 1.165) is 5.56 Å². The van der Waals surface area contributed by atoms with Crippen LogP contribution in [0.1, 0.15) is 12.5 Å². The molecule has 1 aromatic rings. The topological polar surface area (TPSA) is 103 Å². The number of hydrogen-bond acceptors (Lipinski definition) is 5. The number of primary amides is 1. The molecule has 0 radical (unpaired) electrons. The molecule has 7 nitrogen and oxygen atoms in total. The molecule has 0 aromatic heterocycles.